The monoisotopic (exact) mass is 237 g/mol. The molecule has 17 heavy (non-hydrogen) atoms. The summed E-state index contributed by atoms with van der Waals surface area (Å²) in [6.07, 6.45) is 3.49. The zero-order valence-corrected chi connectivity index (χ0v) is 9.63. The molecule has 2 unspecified atom stereocenters. The number of ether oxygens (including phenoxy) is 1. The van der Waals surface area contributed by atoms with Crippen molar-refractivity contribution in [2.75, 3.05) is 0 Å². The topological polar surface area (TPSA) is 68.5 Å². The quantitative estimate of drug-likeness (QED) is 0.855. The number of nitrogens with zero attached hydrogens (tertiary/aromatic N) is 1. The first-order valence-electron chi connectivity index (χ1n) is 5.65. The lowest BCUT2D eigenvalue weighted by Crippen LogP contribution is -2.26. The van der Waals surface area contributed by atoms with Crippen molar-refractivity contribution in [3.05, 3.63) is 34.2 Å². The van der Waals surface area contributed by atoms with Gasteiger partial charge in [-0.25, -0.2) is 4.79 Å². The van der Waals surface area contributed by atoms with E-state index < -0.39 is 5.97 Å². The average Bonchev–Trinajstić information content (AvgIpc) is 2.67. The summed E-state index contributed by atoms with van der Waals surface area (Å²) >= 11 is 0. The number of aromatic nitrogens is 1. The summed E-state index contributed by atoms with van der Waals surface area (Å²) in [5.74, 6) is -1.03. The lowest BCUT2D eigenvalue weighted by atomic mass is 10.2. The molecule has 1 saturated heterocycles. The van der Waals surface area contributed by atoms with Crippen LogP contribution in [-0.4, -0.2) is 27.9 Å². The number of carboxylic acid groups (broad SMARTS) is 1. The van der Waals surface area contributed by atoms with Gasteiger partial charge in [0.15, 0.2) is 0 Å². The molecule has 0 radical (unpaired) electrons. The largest absolute Gasteiger partial charge is 0.478 e. The van der Waals surface area contributed by atoms with Crippen molar-refractivity contribution in [3.63, 3.8) is 0 Å². The normalized spacial score (nSPS) is 23.8. The minimum atomic E-state index is -1.03. The number of hydrogen-bond acceptors (Lipinski definition) is 3. The van der Waals surface area contributed by atoms with Gasteiger partial charge in [-0.3, -0.25) is 4.79 Å². The van der Waals surface area contributed by atoms with Gasteiger partial charge in [0.1, 0.15) is 0 Å². The van der Waals surface area contributed by atoms with E-state index in [0.717, 1.165) is 12.8 Å². The molecule has 0 amide bonds. The lowest BCUT2D eigenvalue weighted by molar-refractivity contribution is 0.0449. The fourth-order valence-corrected chi connectivity index (χ4v) is 2.04. The highest BCUT2D eigenvalue weighted by Gasteiger charge is 2.22. The van der Waals surface area contributed by atoms with E-state index in [-0.39, 0.29) is 23.3 Å². The highest BCUT2D eigenvalue weighted by molar-refractivity contribution is 5.87. The predicted molar refractivity (Wildman–Crippen MR) is 61.2 cm³/mol. The maximum atomic E-state index is 11.6. The average molecular weight is 237 g/mol. The van der Waals surface area contributed by atoms with Gasteiger partial charge in [-0.05, 0) is 25.8 Å². The van der Waals surface area contributed by atoms with E-state index in [2.05, 4.69) is 0 Å². The minimum absolute atomic E-state index is 0.00625. The molecule has 2 rings (SSSR count). The van der Waals surface area contributed by atoms with Crippen LogP contribution in [0.3, 0.4) is 0 Å². The summed E-state index contributed by atoms with van der Waals surface area (Å²) < 4.78 is 7.02. The summed E-state index contributed by atoms with van der Waals surface area (Å²) in [4.78, 5) is 22.4. The second-order valence-electron chi connectivity index (χ2n) is 4.36. The van der Waals surface area contributed by atoms with Crippen LogP contribution < -0.4 is 5.56 Å². The Hall–Kier alpha value is -1.62. The Morgan fingerprint density at radius 2 is 2.29 bits per heavy atom. The van der Waals surface area contributed by atoms with Crippen LogP contribution in [0, 0.1) is 0 Å². The third kappa shape index (κ3) is 2.74. The summed E-state index contributed by atoms with van der Waals surface area (Å²) in [7, 11) is 0. The zero-order valence-electron chi connectivity index (χ0n) is 9.63. The molecule has 0 bridgehead atoms. The molecule has 92 valence electrons. The number of pyridine rings is 1. The summed E-state index contributed by atoms with van der Waals surface area (Å²) in [5.41, 5.74) is -0.0752. The molecule has 1 aromatic heterocycles. The van der Waals surface area contributed by atoms with E-state index in [1.807, 2.05) is 6.92 Å². The second kappa shape index (κ2) is 4.71. The van der Waals surface area contributed by atoms with E-state index in [1.165, 1.54) is 22.9 Å². The van der Waals surface area contributed by atoms with Crippen LogP contribution in [0.15, 0.2) is 23.1 Å². The summed E-state index contributed by atoms with van der Waals surface area (Å²) in [6.45, 7) is 2.42. The van der Waals surface area contributed by atoms with Crippen LogP contribution in [0.4, 0.5) is 0 Å². The first-order chi connectivity index (χ1) is 8.06. The fourth-order valence-electron chi connectivity index (χ4n) is 2.04. The summed E-state index contributed by atoms with van der Waals surface area (Å²) in [5, 5.41) is 8.86. The van der Waals surface area contributed by atoms with Crippen molar-refractivity contribution in [2.24, 2.45) is 0 Å². The zero-order chi connectivity index (χ0) is 12.4. The first-order valence-corrected chi connectivity index (χ1v) is 5.65. The molecule has 5 heteroatoms. The van der Waals surface area contributed by atoms with E-state index in [0.29, 0.717) is 6.54 Å². The van der Waals surface area contributed by atoms with E-state index >= 15 is 0 Å². The molecule has 0 aromatic carbocycles. The standard InChI is InChI=1S/C12H15NO4/c1-8-2-4-10(17-8)7-13-6-9(12(15)16)3-5-11(13)14/h3,5-6,8,10H,2,4,7H2,1H3,(H,15,16). The van der Waals surface area contributed by atoms with Gasteiger partial charge < -0.3 is 14.4 Å². The van der Waals surface area contributed by atoms with Gasteiger partial charge in [0.05, 0.1) is 24.3 Å². The predicted octanol–water partition coefficient (Wildman–Crippen LogP) is 1.11. The van der Waals surface area contributed by atoms with Crippen LogP contribution in [-0.2, 0) is 11.3 Å². The third-order valence-electron chi connectivity index (χ3n) is 2.95. The Morgan fingerprint density at radius 1 is 1.53 bits per heavy atom. The molecule has 1 N–H and O–H groups in total. The van der Waals surface area contributed by atoms with Gasteiger partial charge in [0.25, 0.3) is 5.56 Å². The van der Waals surface area contributed by atoms with Crippen LogP contribution in [0.5, 0.6) is 0 Å². The van der Waals surface area contributed by atoms with Gasteiger partial charge in [-0.1, -0.05) is 0 Å². The van der Waals surface area contributed by atoms with E-state index in [4.69, 9.17) is 9.84 Å². The molecule has 2 heterocycles. The number of rotatable bonds is 3. The number of aromatic carboxylic acids is 1. The van der Waals surface area contributed by atoms with Crippen molar-refractivity contribution >= 4 is 5.97 Å². The maximum absolute atomic E-state index is 11.6. The van der Waals surface area contributed by atoms with Crippen LogP contribution >= 0.6 is 0 Å². The molecule has 2 atom stereocenters. The van der Waals surface area contributed by atoms with Crippen molar-refractivity contribution in [1.29, 1.82) is 0 Å². The van der Waals surface area contributed by atoms with Crippen molar-refractivity contribution < 1.29 is 14.6 Å². The van der Waals surface area contributed by atoms with Crippen LogP contribution in [0.1, 0.15) is 30.1 Å². The SMILES string of the molecule is CC1CCC(Cn2cc(C(=O)O)ccc2=O)O1. The molecule has 0 spiro atoms. The third-order valence-corrected chi connectivity index (χ3v) is 2.95. The second-order valence-corrected chi connectivity index (χ2v) is 4.36. The van der Waals surface area contributed by atoms with Gasteiger partial charge in [0, 0.05) is 12.3 Å². The van der Waals surface area contributed by atoms with Crippen LogP contribution in [0.2, 0.25) is 0 Å². The molecular formula is C12H15NO4. The smallest absolute Gasteiger partial charge is 0.337 e. The van der Waals surface area contributed by atoms with Crippen molar-refractivity contribution in [1.82, 2.24) is 4.57 Å². The highest BCUT2D eigenvalue weighted by atomic mass is 16.5. The fraction of sp³-hybridized carbons (Fsp3) is 0.500. The lowest BCUT2D eigenvalue weighted by Gasteiger charge is -2.13. The molecule has 0 saturated carbocycles. The number of hydrogen-bond donors (Lipinski definition) is 1. The molecule has 1 aromatic rings. The van der Waals surface area contributed by atoms with Crippen molar-refractivity contribution in [2.45, 2.75) is 38.5 Å². The maximum Gasteiger partial charge on any atom is 0.337 e. The minimum Gasteiger partial charge on any atom is -0.478 e. The Labute approximate surface area is 98.6 Å². The highest BCUT2D eigenvalue weighted by Crippen LogP contribution is 2.19. The molecule has 0 aliphatic carbocycles. The molecule has 1 aliphatic rings. The number of carbonyl (C=O) groups is 1. The molecule has 5 nitrogen and oxygen atoms in total. The van der Waals surface area contributed by atoms with Crippen molar-refractivity contribution in [3.8, 4) is 0 Å². The van der Waals surface area contributed by atoms with E-state index in [9.17, 15) is 9.59 Å². The Morgan fingerprint density at radius 3 is 2.88 bits per heavy atom. The first kappa shape index (κ1) is 11.9. The van der Waals surface area contributed by atoms with Gasteiger partial charge >= 0.3 is 5.97 Å². The van der Waals surface area contributed by atoms with Gasteiger partial charge in [-0.15, -0.1) is 0 Å². The van der Waals surface area contributed by atoms with Gasteiger partial charge in [0.2, 0.25) is 0 Å². The molecular weight excluding hydrogens is 222 g/mol. The molecule has 1 aliphatic heterocycles. The van der Waals surface area contributed by atoms with E-state index in [1.54, 1.807) is 0 Å². The number of carboxylic acids is 1. The Balaban J connectivity index is 2.17. The van der Waals surface area contributed by atoms with Crippen LogP contribution in [0.25, 0.3) is 0 Å². The Bertz CT molecular complexity index is 480. The summed E-state index contributed by atoms with van der Waals surface area (Å²) in [6, 6.07) is 2.60. The molecule has 1 fully saturated rings. The van der Waals surface area contributed by atoms with Gasteiger partial charge in [-0.2, -0.15) is 0 Å². The Kier molecular flexibility index (Phi) is 3.28.